The summed E-state index contributed by atoms with van der Waals surface area (Å²) in [5.74, 6) is -0.137. The molecule has 524 valence electrons. The summed E-state index contributed by atoms with van der Waals surface area (Å²) in [7, 11) is 1.63. The number of hydrogen-bond acceptors (Lipinski definition) is 5. The van der Waals surface area contributed by atoms with Crippen molar-refractivity contribution in [1.29, 1.82) is 0 Å². The van der Waals surface area contributed by atoms with E-state index in [1.165, 1.54) is 295 Å². The van der Waals surface area contributed by atoms with Gasteiger partial charge in [0, 0.05) is 6.42 Å². The fraction of sp³-hybridized carbons (Fsp3) is 0.863. The molecule has 0 bridgehead atoms. The first-order chi connectivity index (χ1) is 43.5. The number of carbonyl (C=O) groups excluding carboxylic acids is 1. The maximum absolute atomic E-state index is 13.1. The summed E-state index contributed by atoms with van der Waals surface area (Å²) in [6.45, 7) is 4.83. The van der Waals surface area contributed by atoms with Crippen LogP contribution in [0.1, 0.15) is 393 Å². The molecule has 0 saturated heterocycles. The van der Waals surface area contributed by atoms with Crippen LogP contribution in [0.2, 0.25) is 0 Å². The largest absolute Gasteiger partial charge is 0.472 e. The van der Waals surface area contributed by atoms with E-state index >= 15 is 0 Å². The average Bonchev–Trinajstić information content (AvgIpc) is 3.64. The third-order valence-corrected chi connectivity index (χ3v) is 19.0. The predicted molar refractivity (Wildman–Crippen MR) is 392 cm³/mol. The Morgan fingerprint density at radius 3 is 0.989 bits per heavy atom. The molecule has 0 radical (unpaired) electrons. The lowest BCUT2D eigenvalue weighted by atomic mass is 10.0. The van der Waals surface area contributed by atoms with Crippen LogP contribution in [-0.2, 0) is 18.4 Å². The summed E-state index contributed by atoms with van der Waals surface area (Å²) in [4.78, 5) is 23.5. The van der Waals surface area contributed by atoms with Crippen molar-refractivity contribution in [2.75, 3.05) is 40.9 Å². The lowest BCUT2D eigenvalue weighted by Crippen LogP contribution is -2.46. The highest BCUT2D eigenvalue weighted by molar-refractivity contribution is 7.47. The first kappa shape index (κ1) is 87.2. The van der Waals surface area contributed by atoms with Crippen molar-refractivity contribution in [1.82, 2.24) is 5.32 Å². The molecule has 0 aromatic rings. The van der Waals surface area contributed by atoms with E-state index < -0.39 is 20.0 Å². The zero-order valence-corrected chi connectivity index (χ0v) is 61.1. The van der Waals surface area contributed by atoms with E-state index in [0.717, 1.165) is 70.6 Å². The van der Waals surface area contributed by atoms with Crippen LogP contribution in [0.25, 0.3) is 0 Å². The normalized spacial score (nSPS) is 13.8. The van der Waals surface area contributed by atoms with Crippen LogP contribution in [-0.4, -0.2) is 73.4 Å². The fourth-order valence-electron chi connectivity index (χ4n) is 12.0. The standard InChI is InChI=1S/C80H153N2O6P/c1-6-8-10-12-14-16-18-20-22-24-26-28-30-32-34-36-38-40-41-42-44-46-48-50-52-54-56-58-60-62-64-66-68-70-72-74-80(84)81-78(77-88-89(85,86)87-76-75-82(3,4)5)79(83)73-71-69-67-65-63-61-59-57-55-53-51-49-47-45-43-39-37-35-33-31-29-27-25-23-21-19-17-15-13-11-9-7-2/h8,10,14,16,20,22,26,28,32,34,78-79,83H,6-7,9,11-13,15,17-19,21,23-25,27,29-31,33,35-77H2,1-5H3,(H-,81,84,85,86)/p+1/b10-8-,16-14-,22-20-,28-26-,34-32-. The Hall–Kier alpha value is -1.80. The maximum atomic E-state index is 13.1. The van der Waals surface area contributed by atoms with Crippen molar-refractivity contribution < 1.29 is 32.9 Å². The van der Waals surface area contributed by atoms with Gasteiger partial charge in [0.15, 0.2) is 0 Å². The van der Waals surface area contributed by atoms with E-state index in [2.05, 4.69) is 79.9 Å². The van der Waals surface area contributed by atoms with Crippen molar-refractivity contribution >= 4 is 13.7 Å². The van der Waals surface area contributed by atoms with E-state index in [4.69, 9.17) is 9.05 Å². The van der Waals surface area contributed by atoms with E-state index in [1.54, 1.807) is 0 Å². The van der Waals surface area contributed by atoms with Crippen LogP contribution < -0.4 is 5.32 Å². The number of rotatable bonds is 73. The molecule has 89 heavy (non-hydrogen) atoms. The minimum Gasteiger partial charge on any atom is -0.391 e. The van der Waals surface area contributed by atoms with Gasteiger partial charge >= 0.3 is 7.82 Å². The number of aliphatic hydroxyl groups excluding tert-OH is 1. The summed E-state index contributed by atoms with van der Waals surface area (Å²) in [5, 5.41) is 14.2. The second kappa shape index (κ2) is 70.5. The summed E-state index contributed by atoms with van der Waals surface area (Å²) < 4.78 is 24.0. The van der Waals surface area contributed by atoms with Crippen LogP contribution in [0.3, 0.4) is 0 Å². The van der Waals surface area contributed by atoms with Gasteiger partial charge in [0.1, 0.15) is 13.2 Å². The second-order valence-corrected chi connectivity index (χ2v) is 29.5. The number of allylic oxidation sites excluding steroid dienone is 10. The predicted octanol–water partition coefficient (Wildman–Crippen LogP) is 25.5. The minimum absolute atomic E-state index is 0.0758. The zero-order valence-electron chi connectivity index (χ0n) is 60.2. The third kappa shape index (κ3) is 73.5. The number of likely N-dealkylation sites (N-methyl/N-ethyl adjacent to an activating group) is 1. The van der Waals surface area contributed by atoms with Gasteiger partial charge in [0.2, 0.25) is 5.91 Å². The average molecular weight is 1270 g/mol. The Balaban J connectivity index is 3.94. The number of aliphatic hydroxyl groups is 1. The van der Waals surface area contributed by atoms with Gasteiger partial charge in [-0.05, 0) is 57.8 Å². The van der Waals surface area contributed by atoms with Crippen LogP contribution in [0.5, 0.6) is 0 Å². The molecule has 1 amide bonds. The highest BCUT2D eigenvalue weighted by Crippen LogP contribution is 2.43. The Morgan fingerprint density at radius 1 is 0.393 bits per heavy atom. The fourth-order valence-corrected chi connectivity index (χ4v) is 12.8. The van der Waals surface area contributed by atoms with Gasteiger partial charge in [-0.15, -0.1) is 0 Å². The molecule has 0 fully saturated rings. The molecule has 0 aliphatic carbocycles. The second-order valence-electron chi connectivity index (χ2n) is 28.1. The number of carbonyl (C=O) groups is 1. The van der Waals surface area contributed by atoms with Gasteiger partial charge in [-0.1, -0.05) is 389 Å². The summed E-state index contributed by atoms with van der Waals surface area (Å²) in [6.07, 6.45) is 97.9. The highest BCUT2D eigenvalue weighted by atomic mass is 31.2. The molecule has 0 aromatic carbocycles. The highest BCUT2D eigenvalue weighted by Gasteiger charge is 2.28. The smallest absolute Gasteiger partial charge is 0.391 e. The molecule has 9 heteroatoms. The topological polar surface area (TPSA) is 105 Å². The van der Waals surface area contributed by atoms with Gasteiger partial charge in [0.25, 0.3) is 0 Å². The molecule has 0 saturated carbocycles. The monoisotopic (exact) mass is 1270 g/mol. The van der Waals surface area contributed by atoms with Crippen LogP contribution in [0.15, 0.2) is 60.8 Å². The molecule has 0 aliphatic heterocycles. The van der Waals surface area contributed by atoms with E-state index in [-0.39, 0.29) is 19.1 Å². The van der Waals surface area contributed by atoms with Gasteiger partial charge in [0.05, 0.1) is 39.9 Å². The Labute approximate surface area is 555 Å². The number of hydrogen-bond donors (Lipinski definition) is 3. The summed E-state index contributed by atoms with van der Waals surface area (Å²) in [5.41, 5.74) is 0. The van der Waals surface area contributed by atoms with E-state index in [0.29, 0.717) is 23.9 Å². The van der Waals surface area contributed by atoms with Crippen molar-refractivity contribution in [3.8, 4) is 0 Å². The maximum Gasteiger partial charge on any atom is 0.472 e. The summed E-state index contributed by atoms with van der Waals surface area (Å²) >= 11 is 0. The number of phosphoric ester groups is 1. The Morgan fingerprint density at radius 2 is 0.674 bits per heavy atom. The number of unbranched alkanes of at least 4 members (excludes halogenated alkanes) is 50. The Bertz CT molecular complexity index is 1640. The first-order valence-corrected chi connectivity index (χ1v) is 40.6. The van der Waals surface area contributed by atoms with Crippen LogP contribution in [0.4, 0.5) is 0 Å². The molecule has 0 aromatic heterocycles. The van der Waals surface area contributed by atoms with E-state index in [1.807, 2.05) is 21.1 Å². The van der Waals surface area contributed by atoms with Gasteiger partial charge in [-0.3, -0.25) is 13.8 Å². The molecule has 0 heterocycles. The first-order valence-electron chi connectivity index (χ1n) is 39.2. The molecule has 0 rings (SSSR count). The van der Waals surface area contributed by atoms with Gasteiger partial charge < -0.3 is 19.8 Å². The van der Waals surface area contributed by atoms with Crippen molar-refractivity contribution in [3.05, 3.63) is 60.8 Å². The van der Waals surface area contributed by atoms with Crippen molar-refractivity contribution in [3.63, 3.8) is 0 Å². The molecular weight excluding hydrogens is 1120 g/mol. The summed E-state index contributed by atoms with van der Waals surface area (Å²) in [6, 6.07) is -0.763. The molecule has 0 aliphatic rings. The molecule has 8 nitrogen and oxygen atoms in total. The number of quaternary nitrogens is 1. The third-order valence-electron chi connectivity index (χ3n) is 18.0. The molecule has 3 N–H and O–H groups in total. The minimum atomic E-state index is -4.33. The number of phosphoric acid groups is 1. The van der Waals surface area contributed by atoms with Gasteiger partial charge in [-0.2, -0.15) is 0 Å². The zero-order chi connectivity index (χ0) is 64.8. The van der Waals surface area contributed by atoms with Crippen LogP contribution in [0, 0.1) is 0 Å². The van der Waals surface area contributed by atoms with E-state index in [9.17, 15) is 19.4 Å². The number of nitrogens with one attached hydrogen (secondary N) is 1. The number of nitrogens with zero attached hydrogens (tertiary/aromatic N) is 1. The van der Waals surface area contributed by atoms with Gasteiger partial charge in [-0.25, -0.2) is 4.57 Å². The van der Waals surface area contributed by atoms with Crippen molar-refractivity contribution in [2.24, 2.45) is 0 Å². The molecule has 3 unspecified atom stereocenters. The van der Waals surface area contributed by atoms with Crippen molar-refractivity contribution in [2.45, 2.75) is 405 Å². The molecule has 0 spiro atoms. The van der Waals surface area contributed by atoms with Crippen LogP contribution >= 0.6 is 7.82 Å². The quantitative estimate of drug-likeness (QED) is 0.0243. The molecule has 3 atom stereocenters. The SMILES string of the molecule is CC/C=C\C/C=C\C/C=C\C/C=C\C/C=C\CCCCCCCCCCCCCCCCCCCCCC(=O)NC(COP(=O)(O)OCC[N+](C)(C)C)C(O)CCCCCCCCCCCCCCCCCCCCCCCCCCCCCCCCCC. The lowest BCUT2D eigenvalue weighted by molar-refractivity contribution is -0.870. The molecular formula is C80H154N2O6P+. The number of amides is 1. The lowest BCUT2D eigenvalue weighted by Gasteiger charge is -2.26. The Kier molecular flexibility index (Phi) is 69.1.